The van der Waals surface area contributed by atoms with E-state index in [1.165, 1.54) is 30.5 Å². The van der Waals surface area contributed by atoms with E-state index >= 15 is 0 Å². The van der Waals surface area contributed by atoms with E-state index in [1.54, 1.807) is 0 Å². The van der Waals surface area contributed by atoms with Crippen molar-refractivity contribution in [3.05, 3.63) is 42.0 Å². The predicted molar refractivity (Wildman–Crippen MR) is 121 cm³/mol. The number of hydrogen-bond acceptors (Lipinski definition) is 3. The SMILES string of the molecule is CCCCC(=O)/C=C1/CCC2C(CC[C@]3(C)C(n4nnc5ccccc54)=CCC23)C1. The molecule has 3 aliphatic rings. The normalized spacial score (nSPS) is 32.1. The largest absolute Gasteiger partial charge is 0.295 e. The number of aromatic nitrogens is 3. The third-order valence-corrected chi connectivity index (χ3v) is 8.17. The predicted octanol–water partition coefficient (Wildman–Crippen LogP) is 6.19. The van der Waals surface area contributed by atoms with Crippen LogP contribution in [0.5, 0.6) is 0 Å². The average Bonchev–Trinajstić information content (AvgIpc) is 3.33. The van der Waals surface area contributed by atoms with E-state index in [2.05, 4.69) is 47.1 Å². The second-order valence-electron chi connectivity index (χ2n) is 9.92. The zero-order chi connectivity index (χ0) is 20.7. The van der Waals surface area contributed by atoms with Crippen LogP contribution < -0.4 is 0 Å². The van der Waals surface area contributed by atoms with Crippen LogP contribution in [-0.2, 0) is 4.79 Å². The number of allylic oxidation sites excluding steroid dienone is 4. The van der Waals surface area contributed by atoms with Gasteiger partial charge >= 0.3 is 0 Å². The summed E-state index contributed by atoms with van der Waals surface area (Å²) in [6.07, 6.45) is 14.3. The molecule has 4 nitrogen and oxygen atoms in total. The van der Waals surface area contributed by atoms with E-state index in [1.807, 2.05) is 18.2 Å². The molecule has 158 valence electrons. The number of para-hydroxylation sites is 1. The molecule has 1 aromatic carbocycles. The lowest BCUT2D eigenvalue weighted by Crippen LogP contribution is -2.42. The highest BCUT2D eigenvalue weighted by atomic mass is 16.1. The number of rotatable bonds is 5. The summed E-state index contributed by atoms with van der Waals surface area (Å²) in [7, 11) is 0. The number of ketones is 1. The lowest BCUT2D eigenvalue weighted by Gasteiger charge is -2.50. The van der Waals surface area contributed by atoms with Crippen LogP contribution in [0.4, 0.5) is 0 Å². The lowest BCUT2D eigenvalue weighted by atomic mass is 9.55. The van der Waals surface area contributed by atoms with Crippen molar-refractivity contribution in [1.82, 2.24) is 15.0 Å². The van der Waals surface area contributed by atoms with Gasteiger partial charge in [0, 0.05) is 17.5 Å². The van der Waals surface area contributed by atoms with Crippen molar-refractivity contribution in [1.29, 1.82) is 0 Å². The molecule has 0 bridgehead atoms. The molecule has 4 atom stereocenters. The Labute approximate surface area is 179 Å². The Hall–Kier alpha value is -2.23. The zero-order valence-corrected chi connectivity index (χ0v) is 18.3. The maximum Gasteiger partial charge on any atom is 0.155 e. The van der Waals surface area contributed by atoms with E-state index < -0.39 is 0 Å². The molecule has 30 heavy (non-hydrogen) atoms. The molecule has 4 heteroatoms. The van der Waals surface area contributed by atoms with Gasteiger partial charge in [-0.2, -0.15) is 0 Å². The highest BCUT2D eigenvalue weighted by Gasteiger charge is 2.52. The van der Waals surface area contributed by atoms with Crippen LogP contribution in [-0.4, -0.2) is 20.8 Å². The van der Waals surface area contributed by atoms with Gasteiger partial charge in [-0.1, -0.05) is 49.3 Å². The Morgan fingerprint density at radius 3 is 3.03 bits per heavy atom. The highest BCUT2D eigenvalue weighted by Crippen LogP contribution is 2.61. The van der Waals surface area contributed by atoms with E-state index in [0.29, 0.717) is 18.1 Å². The summed E-state index contributed by atoms with van der Waals surface area (Å²) in [6, 6.07) is 8.28. The van der Waals surface area contributed by atoms with Crippen molar-refractivity contribution in [3.8, 4) is 0 Å². The second-order valence-corrected chi connectivity index (χ2v) is 9.92. The van der Waals surface area contributed by atoms with Crippen LogP contribution in [0.3, 0.4) is 0 Å². The van der Waals surface area contributed by atoms with Crippen molar-refractivity contribution in [2.24, 2.45) is 23.2 Å². The first-order valence-electron chi connectivity index (χ1n) is 11.8. The molecule has 0 amide bonds. The lowest BCUT2D eigenvalue weighted by molar-refractivity contribution is -0.114. The fourth-order valence-corrected chi connectivity index (χ4v) is 6.55. The minimum Gasteiger partial charge on any atom is -0.295 e. The Balaban J connectivity index is 1.34. The summed E-state index contributed by atoms with van der Waals surface area (Å²) >= 11 is 0. The van der Waals surface area contributed by atoms with Gasteiger partial charge in [0.15, 0.2) is 5.78 Å². The molecule has 2 fully saturated rings. The maximum atomic E-state index is 12.2. The molecule has 0 saturated heterocycles. The minimum absolute atomic E-state index is 0.176. The molecule has 5 rings (SSSR count). The summed E-state index contributed by atoms with van der Waals surface area (Å²) in [6.45, 7) is 4.61. The zero-order valence-electron chi connectivity index (χ0n) is 18.3. The number of unbranched alkanes of at least 4 members (excludes halogenated alkanes) is 1. The summed E-state index contributed by atoms with van der Waals surface area (Å²) in [4.78, 5) is 12.2. The monoisotopic (exact) mass is 403 g/mol. The Bertz CT molecular complexity index is 1020. The van der Waals surface area contributed by atoms with Crippen molar-refractivity contribution >= 4 is 22.5 Å². The number of benzene rings is 1. The van der Waals surface area contributed by atoms with E-state index in [-0.39, 0.29) is 5.41 Å². The first-order valence-corrected chi connectivity index (χ1v) is 11.8. The van der Waals surface area contributed by atoms with E-state index in [0.717, 1.165) is 55.0 Å². The van der Waals surface area contributed by atoms with Gasteiger partial charge in [0.05, 0.1) is 5.52 Å². The Morgan fingerprint density at radius 2 is 2.17 bits per heavy atom. The second kappa shape index (κ2) is 7.79. The average molecular weight is 404 g/mol. The van der Waals surface area contributed by atoms with Gasteiger partial charge in [0.1, 0.15) is 5.52 Å². The van der Waals surface area contributed by atoms with E-state index in [4.69, 9.17) is 0 Å². The van der Waals surface area contributed by atoms with Crippen LogP contribution in [0, 0.1) is 23.2 Å². The first kappa shape index (κ1) is 19.7. The number of carbonyl (C=O) groups excluding carboxylic acids is 1. The smallest absolute Gasteiger partial charge is 0.155 e. The molecular weight excluding hydrogens is 370 g/mol. The molecule has 1 heterocycles. The van der Waals surface area contributed by atoms with Gasteiger partial charge in [-0.15, -0.1) is 5.10 Å². The molecule has 3 aliphatic carbocycles. The van der Waals surface area contributed by atoms with E-state index in [9.17, 15) is 4.79 Å². The van der Waals surface area contributed by atoms with Crippen LogP contribution in [0.2, 0.25) is 0 Å². The minimum atomic E-state index is 0.176. The van der Waals surface area contributed by atoms with Crippen molar-refractivity contribution in [2.45, 2.75) is 71.6 Å². The maximum absolute atomic E-state index is 12.2. The van der Waals surface area contributed by atoms with Crippen LogP contribution in [0.25, 0.3) is 16.7 Å². The third-order valence-electron chi connectivity index (χ3n) is 8.17. The first-order chi connectivity index (χ1) is 14.6. The molecular formula is C26H33N3O. The van der Waals surface area contributed by atoms with Gasteiger partial charge in [-0.3, -0.25) is 4.79 Å². The summed E-state index contributed by atoms with van der Waals surface area (Å²) in [5.41, 5.74) is 5.03. The Morgan fingerprint density at radius 1 is 1.30 bits per heavy atom. The van der Waals surface area contributed by atoms with Crippen LogP contribution in [0.1, 0.15) is 71.6 Å². The van der Waals surface area contributed by atoms with Gasteiger partial charge in [0.2, 0.25) is 0 Å². The summed E-state index contributed by atoms with van der Waals surface area (Å²) < 4.78 is 2.11. The highest BCUT2D eigenvalue weighted by molar-refractivity contribution is 5.90. The van der Waals surface area contributed by atoms with Gasteiger partial charge in [-0.25, -0.2) is 4.68 Å². The fourth-order valence-electron chi connectivity index (χ4n) is 6.55. The number of fused-ring (bicyclic) bond motifs is 4. The van der Waals surface area contributed by atoms with Gasteiger partial charge in [-0.05, 0) is 80.9 Å². The summed E-state index contributed by atoms with van der Waals surface area (Å²) in [5, 5.41) is 8.94. The fraction of sp³-hybridized carbons (Fsp3) is 0.577. The van der Waals surface area contributed by atoms with Gasteiger partial charge < -0.3 is 0 Å². The van der Waals surface area contributed by atoms with Crippen molar-refractivity contribution < 1.29 is 4.79 Å². The quantitative estimate of drug-likeness (QED) is 0.559. The standard InChI is InChI=1S/C26H33N3O/c1-3-4-7-20(30)17-18-10-11-21-19(16-18)14-15-26(2)22(21)12-13-25(26)29-24-9-6-5-8-23(24)27-28-29/h5-6,8-9,13,17,19,21-22H,3-4,7,10-12,14-16H2,1-2H3/b18-17-/t19?,21?,22?,26-/m0/s1. The number of hydrogen-bond donors (Lipinski definition) is 0. The van der Waals surface area contributed by atoms with Crippen molar-refractivity contribution in [2.75, 3.05) is 0 Å². The topological polar surface area (TPSA) is 47.8 Å². The molecule has 0 spiro atoms. The van der Waals surface area contributed by atoms with Crippen LogP contribution in [0.15, 0.2) is 42.0 Å². The molecule has 2 aromatic rings. The Kier molecular flexibility index (Phi) is 5.12. The van der Waals surface area contributed by atoms with Crippen LogP contribution >= 0.6 is 0 Å². The third kappa shape index (κ3) is 3.25. The molecule has 3 unspecified atom stereocenters. The number of carbonyl (C=O) groups is 1. The molecule has 0 N–H and O–H groups in total. The molecule has 1 aromatic heterocycles. The van der Waals surface area contributed by atoms with Crippen molar-refractivity contribution in [3.63, 3.8) is 0 Å². The number of nitrogens with zero attached hydrogens (tertiary/aromatic N) is 3. The van der Waals surface area contributed by atoms with Gasteiger partial charge in [0.25, 0.3) is 0 Å². The summed E-state index contributed by atoms with van der Waals surface area (Å²) in [5.74, 6) is 2.53. The molecule has 0 radical (unpaired) electrons. The molecule has 0 aliphatic heterocycles. The molecule has 2 saturated carbocycles.